The summed E-state index contributed by atoms with van der Waals surface area (Å²) in [5.41, 5.74) is 2.86. The highest BCUT2D eigenvalue weighted by molar-refractivity contribution is 5.86. The molecule has 0 spiro atoms. The van der Waals surface area contributed by atoms with Gasteiger partial charge in [0.1, 0.15) is 5.78 Å². The first-order valence-corrected chi connectivity index (χ1v) is 6.37. The van der Waals surface area contributed by atoms with Gasteiger partial charge in [0, 0.05) is 18.8 Å². The van der Waals surface area contributed by atoms with E-state index in [0.717, 1.165) is 6.42 Å². The van der Waals surface area contributed by atoms with E-state index in [4.69, 9.17) is 6.42 Å². The third-order valence-electron chi connectivity index (χ3n) is 4.22. The minimum Gasteiger partial charge on any atom is -0.299 e. The molecule has 0 aromatic heterocycles. The number of carbonyl (C=O) groups is 1. The van der Waals surface area contributed by atoms with E-state index in [9.17, 15) is 4.79 Å². The third-order valence-corrected chi connectivity index (χ3v) is 4.22. The zero-order valence-corrected chi connectivity index (χ0v) is 9.86. The van der Waals surface area contributed by atoms with Crippen molar-refractivity contribution in [3.63, 3.8) is 0 Å². The van der Waals surface area contributed by atoms with Gasteiger partial charge >= 0.3 is 0 Å². The highest BCUT2D eigenvalue weighted by Crippen LogP contribution is 2.60. The van der Waals surface area contributed by atoms with Crippen LogP contribution in [0, 0.1) is 24.2 Å². The molecule has 3 atom stereocenters. The first-order valence-electron chi connectivity index (χ1n) is 6.37. The topological polar surface area (TPSA) is 17.1 Å². The molecule has 2 aliphatic rings. The summed E-state index contributed by atoms with van der Waals surface area (Å²) in [4.78, 5) is 12.0. The summed E-state index contributed by atoms with van der Waals surface area (Å²) in [5, 5.41) is 0. The lowest BCUT2D eigenvalue weighted by molar-refractivity contribution is -0.120. The van der Waals surface area contributed by atoms with Crippen LogP contribution < -0.4 is 0 Å². The van der Waals surface area contributed by atoms with Crippen LogP contribution in [0.5, 0.6) is 0 Å². The molecule has 3 rings (SSSR count). The van der Waals surface area contributed by atoms with Gasteiger partial charge in [0.05, 0.1) is 0 Å². The first-order chi connectivity index (χ1) is 8.33. The predicted molar refractivity (Wildman–Crippen MR) is 67.6 cm³/mol. The van der Waals surface area contributed by atoms with Gasteiger partial charge in [-0.2, -0.15) is 0 Å². The van der Waals surface area contributed by atoms with Crippen LogP contribution in [-0.4, -0.2) is 5.78 Å². The Kier molecular flexibility index (Phi) is 2.52. The van der Waals surface area contributed by atoms with Crippen molar-refractivity contribution in [3.05, 3.63) is 35.4 Å². The summed E-state index contributed by atoms with van der Waals surface area (Å²) >= 11 is 0. The van der Waals surface area contributed by atoms with Gasteiger partial charge < -0.3 is 0 Å². The molecule has 0 aliphatic heterocycles. The van der Waals surface area contributed by atoms with Crippen LogP contribution in [0.2, 0.25) is 0 Å². The number of hydrogen-bond acceptors (Lipinski definition) is 1. The van der Waals surface area contributed by atoms with E-state index >= 15 is 0 Å². The Morgan fingerprint density at radius 2 is 2.24 bits per heavy atom. The first kappa shape index (κ1) is 10.6. The van der Waals surface area contributed by atoms with E-state index in [2.05, 4.69) is 30.2 Å². The van der Waals surface area contributed by atoms with E-state index in [1.807, 2.05) is 0 Å². The van der Waals surface area contributed by atoms with Crippen LogP contribution in [-0.2, 0) is 11.2 Å². The fraction of sp³-hybridized carbons (Fsp3) is 0.438. The molecule has 0 N–H and O–H groups in total. The summed E-state index contributed by atoms with van der Waals surface area (Å²) in [6.07, 6.45) is 8.69. The molecule has 0 radical (unpaired) electrons. The highest BCUT2D eigenvalue weighted by Gasteiger charge is 2.56. The van der Waals surface area contributed by atoms with Crippen LogP contribution in [0.3, 0.4) is 0 Å². The minimum atomic E-state index is 0.270. The normalized spacial score (nSPS) is 28.8. The maximum atomic E-state index is 12.0. The van der Waals surface area contributed by atoms with Crippen LogP contribution in [0.4, 0.5) is 0 Å². The Bertz CT molecular complexity index is 494. The van der Waals surface area contributed by atoms with Crippen LogP contribution in [0.25, 0.3) is 0 Å². The molecule has 86 valence electrons. The van der Waals surface area contributed by atoms with Gasteiger partial charge in [-0.05, 0) is 35.8 Å². The Hall–Kier alpha value is -1.55. The van der Waals surface area contributed by atoms with Crippen molar-refractivity contribution in [1.29, 1.82) is 0 Å². The van der Waals surface area contributed by atoms with Gasteiger partial charge in [-0.25, -0.2) is 0 Å². The molecular weight excluding hydrogens is 208 g/mol. The van der Waals surface area contributed by atoms with E-state index in [1.54, 1.807) is 0 Å². The fourth-order valence-corrected chi connectivity index (χ4v) is 3.37. The van der Waals surface area contributed by atoms with Crippen molar-refractivity contribution in [2.24, 2.45) is 11.8 Å². The number of ketones is 1. The van der Waals surface area contributed by atoms with Crippen LogP contribution in [0.15, 0.2) is 24.3 Å². The van der Waals surface area contributed by atoms with Crippen molar-refractivity contribution in [2.75, 3.05) is 0 Å². The van der Waals surface area contributed by atoms with Crippen LogP contribution >= 0.6 is 0 Å². The van der Waals surface area contributed by atoms with E-state index in [0.29, 0.717) is 30.5 Å². The number of terminal acetylenes is 1. The molecule has 17 heavy (non-hydrogen) atoms. The number of carbonyl (C=O) groups excluding carboxylic acids is 1. The maximum Gasteiger partial charge on any atom is 0.137 e. The molecule has 1 heteroatoms. The molecule has 0 bridgehead atoms. The summed E-state index contributed by atoms with van der Waals surface area (Å²) in [6, 6.07) is 8.58. The molecule has 1 fully saturated rings. The molecule has 0 heterocycles. The van der Waals surface area contributed by atoms with Crippen molar-refractivity contribution in [3.8, 4) is 12.3 Å². The second-order valence-corrected chi connectivity index (χ2v) is 5.12. The number of fused-ring (bicyclic) bond motifs is 3. The second kappa shape index (κ2) is 4.04. The second-order valence-electron chi connectivity index (χ2n) is 5.12. The number of aryl methyl sites for hydroxylation is 1. The average molecular weight is 224 g/mol. The summed E-state index contributed by atoms with van der Waals surface area (Å²) < 4.78 is 0. The lowest BCUT2D eigenvalue weighted by Crippen LogP contribution is -2.02. The number of Topliss-reactive ketones (excluding diaryl/α,β-unsaturated/α-hetero) is 1. The SMILES string of the molecule is C#CCCC(=O)C1C2CCc3ccccc3C21. The maximum absolute atomic E-state index is 12.0. The van der Waals surface area contributed by atoms with E-state index in [1.165, 1.54) is 17.5 Å². The minimum absolute atomic E-state index is 0.270. The molecule has 1 nitrogen and oxygen atoms in total. The molecule has 0 saturated heterocycles. The molecule has 1 aromatic rings. The monoisotopic (exact) mass is 224 g/mol. The predicted octanol–water partition coefficient (Wildman–Crippen LogP) is 2.94. The Morgan fingerprint density at radius 1 is 1.41 bits per heavy atom. The van der Waals surface area contributed by atoms with Gasteiger partial charge in [0.15, 0.2) is 0 Å². The Morgan fingerprint density at radius 3 is 3.06 bits per heavy atom. The molecule has 1 saturated carbocycles. The van der Waals surface area contributed by atoms with Crippen molar-refractivity contribution < 1.29 is 4.79 Å². The molecule has 3 unspecified atom stereocenters. The van der Waals surface area contributed by atoms with Crippen LogP contribution in [0.1, 0.15) is 36.3 Å². The molecule has 0 amide bonds. The smallest absolute Gasteiger partial charge is 0.137 e. The number of benzene rings is 1. The van der Waals surface area contributed by atoms with Gasteiger partial charge in [0.2, 0.25) is 0 Å². The van der Waals surface area contributed by atoms with E-state index in [-0.39, 0.29) is 5.92 Å². The zero-order chi connectivity index (χ0) is 11.8. The highest BCUT2D eigenvalue weighted by atomic mass is 16.1. The Balaban J connectivity index is 1.78. The number of rotatable bonds is 3. The third kappa shape index (κ3) is 1.69. The average Bonchev–Trinajstić information content (AvgIpc) is 3.11. The van der Waals surface area contributed by atoms with Crippen molar-refractivity contribution in [1.82, 2.24) is 0 Å². The zero-order valence-electron chi connectivity index (χ0n) is 9.86. The van der Waals surface area contributed by atoms with E-state index < -0.39 is 0 Å². The molecule has 2 aliphatic carbocycles. The molecular formula is C16H16O. The van der Waals surface area contributed by atoms with Gasteiger partial charge in [0.25, 0.3) is 0 Å². The fourth-order valence-electron chi connectivity index (χ4n) is 3.37. The Labute approximate surface area is 102 Å². The quantitative estimate of drug-likeness (QED) is 0.721. The van der Waals surface area contributed by atoms with Gasteiger partial charge in [-0.15, -0.1) is 12.3 Å². The van der Waals surface area contributed by atoms with Gasteiger partial charge in [-0.1, -0.05) is 24.3 Å². The number of hydrogen-bond donors (Lipinski definition) is 0. The lowest BCUT2D eigenvalue weighted by Gasteiger charge is -2.13. The standard InChI is InChI=1S/C16H16O/c1-2-3-8-14(17)16-13-10-9-11-6-4-5-7-12(11)15(13)16/h1,4-7,13,15-16H,3,8-10H2. The van der Waals surface area contributed by atoms with Crippen molar-refractivity contribution >= 4 is 5.78 Å². The summed E-state index contributed by atoms with van der Waals surface area (Å²) in [7, 11) is 0. The van der Waals surface area contributed by atoms with Gasteiger partial charge in [-0.3, -0.25) is 4.79 Å². The largest absolute Gasteiger partial charge is 0.299 e. The summed E-state index contributed by atoms with van der Waals surface area (Å²) in [5.74, 6) is 4.33. The van der Waals surface area contributed by atoms with Crippen molar-refractivity contribution in [2.45, 2.75) is 31.6 Å². The molecule has 1 aromatic carbocycles. The summed E-state index contributed by atoms with van der Waals surface area (Å²) in [6.45, 7) is 0. The lowest BCUT2D eigenvalue weighted by atomic mass is 9.92.